The van der Waals surface area contributed by atoms with Crippen LogP contribution in [0.5, 0.6) is 0 Å². The van der Waals surface area contributed by atoms with Crippen molar-refractivity contribution in [2.45, 2.75) is 58.8 Å². The number of aliphatic hydroxyl groups is 3. The van der Waals surface area contributed by atoms with Crippen molar-refractivity contribution in [3.05, 3.63) is 35.1 Å². The number of carbonyl (C=O) groups excluding carboxylic acids is 2. The second kappa shape index (κ2) is 7.76. The zero-order valence-electron chi connectivity index (χ0n) is 22.0. The van der Waals surface area contributed by atoms with E-state index < -0.39 is 41.8 Å². The van der Waals surface area contributed by atoms with Crippen LogP contribution < -0.4 is 4.90 Å². The minimum Gasteiger partial charge on any atom is -0.438 e. The summed E-state index contributed by atoms with van der Waals surface area (Å²) in [5, 5.41) is 38.5. The third kappa shape index (κ3) is 2.96. The molecule has 2 saturated carbocycles. The molecule has 1 aromatic rings. The van der Waals surface area contributed by atoms with E-state index in [1.807, 2.05) is 13.8 Å². The Bertz CT molecular complexity index is 1200. The minimum atomic E-state index is -2.16. The summed E-state index contributed by atoms with van der Waals surface area (Å²) in [6, 6.07) is 1.73. The van der Waals surface area contributed by atoms with Gasteiger partial charge < -0.3 is 20.1 Å². The van der Waals surface area contributed by atoms with Crippen LogP contribution in [0.15, 0.2) is 29.4 Å². The molecule has 4 aliphatic rings. The van der Waals surface area contributed by atoms with Crippen molar-refractivity contribution >= 4 is 17.7 Å². The Morgan fingerprint density at radius 3 is 2.58 bits per heavy atom. The molecule has 9 heteroatoms. The number of aromatic nitrogens is 2. The van der Waals surface area contributed by atoms with E-state index in [-0.39, 0.29) is 34.5 Å². The Balaban J connectivity index is 1.59. The molecule has 0 radical (unpaired) electrons. The smallest absolute Gasteiger partial charge is 0.415 e. The van der Waals surface area contributed by atoms with Gasteiger partial charge in [-0.25, -0.2) is 4.79 Å². The molecular weight excluding hydrogens is 462 g/mol. The molecular formula is C27H37N3O6. The molecule has 8 atom stereocenters. The Kier molecular flexibility index (Phi) is 5.42. The van der Waals surface area contributed by atoms with E-state index in [9.17, 15) is 24.9 Å². The average molecular weight is 500 g/mol. The molecule has 3 N–H and O–H groups in total. The monoisotopic (exact) mass is 499 g/mol. The molecule has 4 aliphatic carbocycles. The lowest BCUT2D eigenvalue weighted by atomic mass is 9.59. The molecule has 1 amide bonds. The number of aliphatic hydroxyl groups excluding tert-OH is 2. The number of hydrogen-bond acceptors (Lipinski definition) is 7. The number of allylic oxidation sites excluding steroid dienone is 1. The molecule has 1 spiro atoms. The number of amides is 1. The van der Waals surface area contributed by atoms with Crippen LogP contribution in [-0.2, 0) is 16.6 Å². The van der Waals surface area contributed by atoms with Gasteiger partial charge in [-0.05, 0) is 54.6 Å². The fourth-order valence-corrected chi connectivity index (χ4v) is 7.78. The topological polar surface area (TPSA) is 125 Å². The highest BCUT2D eigenvalue weighted by atomic mass is 16.6. The van der Waals surface area contributed by atoms with Gasteiger partial charge >= 0.3 is 6.09 Å². The van der Waals surface area contributed by atoms with Crippen molar-refractivity contribution in [1.29, 1.82) is 0 Å². The van der Waals surface area contributed by atoms with E-state index in [2.05, 4.69) is 18.9 Å². The van der Waals surface area contributed by atoms with Gasteiger partial charge in [0.2, 0.25) is 0 Å². The second-order valence-electron chi connectivity index (χ2n) is 12.0. The lowest BCUT2D eigenvalue weighted by molar-refractivity contribution is -0.189. The van der Waals surface area contributed by atoms with Gasteiger partial charge in [-0.3, -0.25) is 14.4 Å². The van der Waals surface area contributed by atoms with Gasteiger partial charge in [0.05, 0.1) is 17.7 Å². The lowest BCUT2D eigenvalue weighted by Crippen LogP contribution is -2.66. The first kappa shape index (κ1) is 25.2. The number of anilines is 1. The van der Waals surface area contributed by atoms with Gasteiger partial charge in [0.15, 0.2) is 17.5 Å². The maximum atomic E-state index is 14.4. The molecule has 1 heterocycles. The highest BCUT2D eigenvalue weighted by Crippen LogP contribution is 2.71. The molecule has 36 heavy (non-hydrogen) atoms. The van der Waals surface area contributed by atoms with Crippen LogP contribution in [0.1, 0.15) is 39.8 Å². The maximum Gasteiger partial charge on any atom is 0.415 e. The predicted molar refractivity (Wildman–Crippen MR) is 132 cm³/mol. The molecule has 2 fully saturated rings. The van der Waals surface area contributed by atoms with E-state index in [1.165, 1.54) is 4.90 Å². The Morgan fingerprint density at radius 2 is 2.00 bits per heavy atom. The third-order valence-corrected chi connectivity index (χ3v) is 9.71. The first-order valence-corrected chi connectivity index (χ1v) is 12.6. The number of ketones is 1. The SMILES string of the molecule is CC1=CC23C(=O)[C@@H](C=C(CO)[C@@H](O)[C@]2(O)[C@H]1OC(=O)N(C)c1cc(C)nn1C)[C@H]1[C@@H](CC3C)C1(C)C. The first-order chi connectivity index (χ1) is 16.7. The van der Waals surface area contributed by atoms with Gasteiger partial charge in [-0.15, -0.1) is 0 Å². The van der Waals surface area contributed by atoms with Gasteiger partial charge in [0.1, 0.15) is 11.9 Å². The molecule has 2 bridgehead atoms. The number of aryl methyl sites for hydroxylation is 2. The van der Waals surface area contributed by atoms with Gasteiger partial charge in [-0.1, -0.05) is 32.9 Å². The van der Waals surface area contributed by atoms with Crippen molar-refractivity contribution in [3.63, 3.8) is 0 Å². The van der Waals surface area contributed by atoms with E-state index in [0.29, 0.717) is 17.8 Å². The fraction of sp³-hybridized carbons (Fsp3) is 0.667. The summed E-state index contributed by atoms with van der Waals surface area (Å²) in [7, 11) is 3.25. The highest BCUT2D eigenvalue weighted by molar-refractivity contribution is 5.95. The second-order valence-corrected chi connectivity index (χ2v) is 12.0. The van der Waals surface area contributed by atoms with Crippen molar-refractivity contribution in [1.82, 2.24) is 9.78 Å². The van der Waals surface area contributed by atoms with Crippen LogP contribution in [0.25, 0.3) is 0 Å². The van der Waals surface area contributed by atoms with Gasteiger partial charge in [0, 0.05) is 26.1 Å². The molecule has 2 unspecified atom stereocenters. The van der Waals surface area contributed by atoms with Gasteiger partial charge in [0.25, 0.3) is 0 Å². The summed E-state index contributed by atoms with van der Waals surface area (Å²) < 4.78 is 7.45. The van der Waals surface area contributed by atoms with E-state index in [1.54, 1.807) is 43.9 Å². The van der Waals surface area contributed by atoms with Crippen LogP contribution in [0, 0.1) is 41.4 Å². The number of rotatable bonds is 3. The Hall–Kier alpha value is -2.49. The zero-order valence-corrected chi connectivity index (χ0v) is 22.0. The molecule has 9 nitrogen and oxygen atoms in total. The van der Waals surface area contributed by atoms with Gasteiger partial charge in [-0.2, -0.15) is 5.10 Å². The largest absolute Gasteiger partial charge is 0.438 e. The van der Waals surface area contributed by atoms with E-state index >= 15 is 0 Å². The highest BCUT2D eigenvalue weighted by Gasteiger charge is 2.76. The quantitative estimate of drug-likeness (QED) is 0.544. The summed E-state index contributed by atoms with van der Waals surface area (Å²) in [6.07, 6.45) is 0.487. The minimum absolute atomic E-state index is 0.0478. The van der Waals surface area contributed by atoms with Crippen molar-refractivity contribution < 1.29 is 29.6 Å². The molecule has 0 aliphatic heterocycles. The van der Waals surface area contributed by atoms with E-state index in [4.69, 9.17) is 4.74 Å². The maximum absolute atomic E-state index is 14.4. The van der Waals surface area contributed by atoms with Crippen molar-refractivity contribution in [2.75, 3.05) is 18.6 Å². The molecule has 0 saturated heterocycles. The number of fused-ring (bicyclic) bond motifs is 3. The number of hydrogen-bond donors (Lipinski definition) is 3. The van der Waals surface area contributed by atoms with Crippen LogP contribution in [-0.4, -0.2) is 68.4 Å². The number of Topliss-reactive ketones (excluding diaryl/α,β-unsaturated/α-hetero) is 1. The van der Waals surface area contributed by atoms with Crippen LogP contribution >= 0.6 is 0 Å². The van der Waals surface area contributed by atoms with Crippen LogP contribution in [0.3, 0.4) is 0 Å². The summed E-state index contributed by atoms with van der Waals surface area (Å²) in [6.45, 7) is 9.25. The molecule has 196 valence electrons. The number of ether oxygens (including phenoxy) is 1. The zero-order chi connectivity index (χ0) is 26.5. The Morgan fingerprint density at radius 1 is 1.33 bits per heavy atom. The Labute approximate surface area is 211 Å². The lowest BCUT2D eigenvalue weighted by Gasteiger charge is -2.48. The molecule has 5 rings (SSSR count). The first-order valence-electron chi connectivity index (χ1n) is 12.6. The summed E-state index contributed by atoms with van der Waals surface area (Å²) in [4.78, 5) is 29.0. The third-order valence-electron chi connectivity index (χ3n) is 9.71. The molecule has 0 aromatic carbocycles. The van der Waals surface area contributed by atoms with E-state index in [0.717, 1.165) is 5.69 Å². The van der Waals surface area contributed by atoms with Crippen LogP contribution in [0.2, 0.25) is 0 Å². The van der Waals surface area contributed by atoms with Crippen molar-refractivity contribution in [3.8, 4) is 0 Å². The summed E-state index contributed by atoms with van der Waals surface area (Å²) >= 11 is 0. The summed E-state index contributed by atoms with van der Waals surface area (Å²) in [5.74, 6) is -0.182. The number of carbonyl (C=O) groups is 2. The van der Waals surface area contributed by atoms with Crippen LogP contribution in [0.4, 0.5) is 10.6 Å². The average Bonchev–Trinajstić information content (AvgIpc) is 3.09. The number of nitrogens with zero attached hydrogens (tertiary/aromatic N) is 3. The summed E-state index contributed by atoms with van der Waals surface area (Å²) in [5.41, 5.74) is -2.24. The molecule has 1 aromatic heterocycles. The van der Waals surface area contributed by atoms with Crippen molar-refractivity contribution in [2.24, 2.45) is 41.5 Å². The standard InChI is InChI=1S/C27H37N3O6/c1-13-11-26-14(2)8-18-20(25(18,4)5)17(22(26)33)10-16(12-31)21(32)27(26,35)23(13)36-24(34)29(6)19-9-15(3)28-30(19)7/h9-11,14,17-18,20-21,23,31-32,35H,8,12H2,1-7H3/t14?,17-,18+,20-,21+,23-,26?,27-/m0/s1. The fourth-order valence-electron chi connectivity index (χ4n) is 7.78. The predicted octanol–water partition coefficient (Wildman–Crippen LogP) is 2.14. The normalized spacial score (nSPS) is 40.3.